The fourth-order valence-electron chi connectivity index (χ4n) is 1.17. The summed E-state index contributed by atoms with van der Waals surface area (Å²) in [5, 5.41) is 3.08. The molecule has 0 aliphatic heterocycles. The van der Waals surface area contributed by atoms with Gasteiger partial charge in [0, 0.05) is 12.2 Å². The number of rotatable bonds is 4. The van der Waals surface area contributed by atoms with E-state index in [2.05, 4.69) is 21.5 Å². The Bertz CT molecular complexity index is 251. The van der Waals surface area contributed by atoms with Gasteiger partial charge in [-0.1, -0.05) is 0 Å². The number of hydrogen-bond donors (Lipinski definition) is 1. The highest BCUT2D eigenvalue weighted by Gasteiger charge is 2.00. The topological polar surface area (TPSA) is 37.8 Å². The summed E-state index contributed by atoms with van der Waals surface area (Å²) < 4.78 is 0. The molecular weight excluding hydrogens is 182 g/mol. The summed E-state index contributed by atoms with van der Waals surface area (Å²) >= 11 is 1.74. The molecule has 1 heterocycles. The molecule has 0 aromatic carbocycles. The van der Waals surface area contributed by atoms with E-state index in [0.717, 1.165) is 29.5 Å². The van der Waals surface area contributed by atoms with Crippen LogP contribution in [0.1, 0.15) is 17.2 Å². The molecule has 0 saturated carbocycles. The second-order valence-electron chi connectivity index (χ2n) is 2.88. The highest BCUT2D eigenvalue weighted by atomic mass is 32.2. The fourth-order valence-corrected chi connectivity index (χ4v) is 1.55. The monoisotopic (exact) mass is 197 g/mol. The molecule has 0 aliphatic rings. The van der Waals surface area contributed by atoms with Gasteiger partial charge < -0.3 is 5.32 Å². The maximum Gasteiger partial charge on any atom is 0.138 e. The van der Waals surface area contributed by atoms with Gasteiger partial charge >= 0.3 is 0 Å². The van der Waals surface area contributed by atoms with E-state index in [-0.39, 0.29) is 0 Å². The molecule has 3 nitrogen and oxygen atoms in total. The van der Waals surface area contributed by atoms with E-state index in [9.17, 15) is 0 Å². The fraction of sp³-hybridized carbons (Fsp3) is 0.556. The molecule has 0 radical (unpaired) electrons. The highest BCUT2D eigenvalue weighted by molar-refractivity contribution is 7.97. The number of hydrogen-bond acceptors (Lipinski definition) is 4. The van der Waals surface area contributed by atoms with E-state index in [4.69, 9.17) is 0 Å². The van der Waals surface area contributed by atoms with E-state index in [1.165, 1.54) is 0 Å². The second kappa shape index (κ2) is 5.19. The number of aryl methyl sites for hydroxylation is 1. The summed E-state index contributed by atoms with van der Waals surface area (Å²) in [5.74, 6) is 1.82. The number of nitrogens with one attached hydrogen (secondary N) is 1. The van der Waals surface area contributed by atoms with Crippen LogP contribution >= 0.6 is 11.8 Å². The third-order valence-corrected chi connectivity index (χ3v) is 2.13. The van der Waals surface area contributed by atoms with Crippen LogP contribution in [0.15, 0.2) is 6.07 Å². The summed E-state index contributed by atoms with van der Waals surface area (Å²) in [5.41, 5.74) is 2.11. The summed E-state index contributed by atoms with van der Waals surface area (Å²) in [6, 6.07) is 2.01. The van der Waals surface area contributed by atoms with Gasteiger partial charge in [0.15, 0.2) is 0 Å². The smallest absolute Gasteiger partial charge is 0.138 e. The molecule has 0 atom stereocenters. The zero-order valence-electron chi connectivity index (χ0n) is 8.29. The highest BCUT2D eigenvalue weighted by Crippen LogP contribution is 2.06. The Kier molecular flexibility index (Phi) is 4.18. The van der Waals surface area contributed by atoms with E-state index in [0.29, 0.717) is 0 Å². The third-order valence-electron chi connectivity index (χ3n) is 1.58. The SMILES string of the molecule is CNCc1cc(C)nc(CSC)n1. The summed E-state index contributed by atoms with van der Waals surface area (Å²) in [6.45, 7) is 2.81. The number of thioether (sulfide) groups is 1. The van der Waals surface area contributed by atoms with Gasteiger partial charge in [0.05, 0.1) is 11.4 Å². The molecule has 72 valence electrons. The Labute approximate surface area is 83.4 Å². The van der Waals surface area contributed by atoms with Crippen LogP contribution in [0, 0.1) is 6.92 Å². The Balaban J connectivity index is 2.83. The third kappa shape index (κ3) is 3.32. The Morgan fingerprint density at radius 1 is 1.46 bits per heavy atom. The molecule has 1 rings (SSSR count). The molecule has 0 amide bonds. The van der Waals surface area contributed by atoms with E-state index >= 15 is 0 Å². The average molecular weight is 197 g/mol. The van der Waals surface area contributed by atoms with Gasteiger partial charge in [-0.2, -0.15) is 11.8 Å². The molecule has 1 aromatic heterocycles. The van der Waals surface area contributed by atoms with Crippen molar-refractivity contribution in [2.75, 3.05) is 13.3 Å². The Morgan fingerprint density at radius 2 is 2.23 bits per heavy atom. The molecule has 0 aliphatic carbocycles. The largest absolute Gasteiger partial charge is 0.314 e. The van der Waals surface area contributed by atoms with Gasteiger partial charge in [0.25, 0.3) is 0 Å². The minimum atomic E-state index is 0.810. The van der Waals surface area contributed by atoms with E-state index < -0.39 is 0 Å². The van der Waals surface area contributed by atoms with Crippen LogP contribution in [0.25, 0.3) is 0 Å². The van der Waals surface area contributed by atoms with Gasteiger partial charge in [0.1, 0.15) is 5.82 Å². The lowest BCUT2D eigenvalue weighted by atomic mass is 10.3. The predicted octanol–water partition coefficient (Wildman–Crippen LogP) is 1.37. The molecule has 13 heavy (non-hydrogen) atoms. The maximum atomic E-state index is 4.42. The molecule has 0 fully saturated rings. The van der Waals surface area contributed by atoms with E-state index in [1.807, 2.05) is 20.0 Å². The number of aromatic nitrogens is 2. The molecule has 1 N–H and O–H groups in total. The van der Waals surface area contributed by atoms with Crippen molar-refractivity contribution < 1.29 is 0 Å². The minimum Gasteiger partial charge on any atom is -0.314 e. The average Bonchev–Trinajstić information content (AvgIpc) is 2.04. The van der Waals surface area contributed by atoms with Crippen LogP contribution in [-0.4, -0.2) is 23.3 Å². The normalized spacial score (nSPS) is 10.4. The maximum absolute atomic E-state index is 4.42. The molecule has 0 saturated heterocycles. The zero-order chi connectivity index (χ0) is 9.68. The molecular formula is C9H15N3S. The van der Waals surface area contributed by atoms with Crippen LogP contribution in [-0.2, 0) is 12.3 Å². The molecule has 4 heteroatoms. The van der Waals surface area contributed by atoms with Crippen LogP contribution in [0.5, 0.6) is 0 Å². The van der Waals surface area contributed by atoms with Crippen LogP contribution in [0.4, 0.5) is 0 Å². The van der Waals surface area contributed by atoms with Crippen molar-refractivity contribution >= 4 is 11.8 Å². The van der Waals surface area contributed by atoms with Gasteiger partial charge in [-0.3, -0.25) is 0 Å². The van der Waals surface area contributed by atoms with Gasteiger partial charge in [-0.25, -0.2) is 9.97 Å². The van der Waals surface area contributed by atoms with Crippen molar-refractivity contribution in [3.8, 4) is 0 Å². The van der Waals surface area contributed by atoms with Gasteiger partial charge in [0.2, 0.25) is 0 Å². The molecule has 0 spiro atoms. The first-order valence-corrected chi connectivity index (χ1v) is 5.62. The second-order valence-corrected chi connectivity index (χ2v) is 3.75. The molecule has 1 aromatic rings. The summed E-state index contributed by atoms with van der Waals surface area (Å²) in [4.78, 5) is 8.76. The lowest BCUT2D eigenvalue weighted by Gasteiger charge is -2.03. The van der Waals surface area contributed by atoms with Crippen LogP contribution < -0.4 is 5.32 Å². The van der Waals surface area contributed by atoms with Crippen molar-refractivity contribution in [1.29, 1.82) is 0 Å². The standard InChI is InChI=1S/C9H15N3S/c1-7-4-8(5-10-2)12-9(11-7)6-13-3/h4,10H,5-6H2,1-3H3. The zero-order valence-corrected chi connectivity index (χ0v) is 9.11. The van der Waals surface area contributed by atoms with Crippen molar-refractivity contribution in [3.63, 3.8) is 0 Å². The first kappa shape index (κ1) is 10.5. The lowest BCUT2D eigenvalue weighted by molar-refractivity contribution is 0.773. The van der Waals surface area contributed by atoms with Crippen molar-refractivity contribution in [2.45, 2.75) is 19.2 Å². The minimum absolute atomic E-state index is 0.810. The van der Waals surface area contributed by atoms with E-state index in [1.54, 1.807) is 11.8 Å². The summed E-state index contributed by atoms with van der Waals surface area (Å²) in [6.07, 6.45) is 2.06. The number of nitrogens with zero attached hydrogens (tertiary/aromatic N) is 2. The van der Waals surface area contributed by atoms with Gasteiger partial charge in [-0.05, 0) is 26.3 Å². The Hall–Kier alpha value is -0.610. The quantitative estimate of drug-likeness (QED) is 0.791. The molecule has 0 bridgehead atoms. The van der Waals surface area contributed by atoms with Crippen LogP contribution in [0.2, 0.25) is 0 Å². The first-order chi connectivity index (χ1) is 6.26. The molecule has 0 unspecified atom stereocenters. The predicted molar refractivity (Wildman–Crippen MR) is 56.8 cm³/mol. The van der Waals surface area contributed by atoms with Crippen LogP contribution in [0.3, 0.4) is 0 Å². The Morgan fingerprint density at radius 3 is 2.85 bits per heavy atom. The lowest BCUT2D eigenvalue weighted by Crippen LogP contribution is -2.09. The van der Waals surface area contributed by atoms with Crippen molar-refractivity contribution in [1.82, 2.24) is 15.3 Å². The van der Waals surface area contributed by atoms with Gasteiger partial charge in [-0.15, -0.1) is 0 Å². The first-order valence-electron chi connectivity index (χ1n) is 4.23. The van der Waals surface area contributed by atoms with Crippen molar-refractivity contribution in [3.05, 3.63) is 23.3 Å². The van der Waals surface area contributed by atoms with Crippen molar-refractivity contribution in [2.24, 2.45) is 0 Å². The summed E-state index contributed by atoms with van der Waals surface area (Å²) in [7, 11) is 1.92.